The summed E-state index contributed by atoms with van der Waals surface area (Å²) in [4.78, 5) is 25.9. The first-order valence-electron chi connectivity index (χ1n) is 8.05. The summed E-state index contributed by atoms with van der Waals surface area (Å²) in [6, 6.07) is 9.88. The van der Waals surface area contributed by atoms with E-state index in [2.05, 4.69) is 5.10 Å². The molecule has 24 heavy (non-hydrogen) atoms. The van der Waals surface area contributed by atoms with Crippen molar-refractivity contribution >= 4 is 11.9 Å². The topological polar surface area (TPSA) is 75.4 Å². The van der Waals surface area contributed by atoms with Crippen molar-refractivity contribution in [1.29, 1.82) is 0 Å². The fourth-order valence-corrected chi connectivity index (χ4v) is 3.23. The standard InChI is InChI=1S/C18H21N3O3/c1-13-15(11-19-21(13)12-14-7-4-3-5-8-14)16(22)20-10-6-9-18(20,2)17(23)24/h3-5,7-8,11H,6,9-10,12H2,1-2H3,(H,23,24). The molecular formula is C18H21N3O3. The number of aromatic nitrogens is 2. The Kier molecular flexibility index (Phi) is 4.13. The average molecular weight is 327 g/mol. The van der Waals surface area contributed by atoms with Crippen molar-refractivity contribution in [2.24, 2.45) is 0 Å². The van der Waals surface area contributed by atoms with Crippen LogP contribution in [0.25, 0.3) is 0 Å². The van der Waals surface area contributed by atoms with Gasteiger partial charge in [0.15, 0.2) is 0 Å². The largest absolute Gasteiger partial charge is 0.480 e. The van der Waals surface area contributed by atoms with Crippen LogP contribution in [0.15, 0.2) is 36.5 Å². The maximum atomic E-state index is 12.9. The molecule has 0 bridgehead atoms. The second kappa shape index (κ2) is 6.11. The zero-order valence-corrected chi connectivity index (χ0v) is 13.9. The summed E-state index contributed by atoms with van der Waals surface area (Å²) in [5.74, 6) is -1.21. The molecule has 2 aromatic rings. The molecule has 1 amide bonds. The van der Waals surface area contributed by atoms with Crippen LogP contribution in [0.1, 0.15) is 41.4 Å². The van der Waals surface area contributed by atoms with Crippen LogP contribution in [0.2, 0.25) is 0 Å². The van der Waals surface area contributed by atoms with Gasteiger partial charge in [-0.25, -0.2) is 4.79 Å². The minimum Gasteiger partial charge on any atom is -0.480 e. The predicted octanol–water partition coefficient (Wildman–Crippen LogP) is 2.32. The number of likely N-dealkylation sites (tertiary alicyclic amines) is 1. The number of rotatable bonds is 4. The predicted molar refractivity (Wildman–Crippen MR) is 88.8 cm³/mol. The maximum absolute atomic E-state index is 12.9. The summed E-state index contributed by atoms with van der Waals surface area (Å²) >= 11 is 0. The van der Waals surface area contributed by atoms with Gasteiger partial charge in [0, 0.05) is 12.2 Å². The van der Waals surface area contributed by atoms with Crippen LogP contribution in [0.4, 0.5) is 0 Å². The van der Waals surface area contributed by atoms with E-state index in [4.69, 9.17) is 0 Å². The highest BCUT2D eigenvalue weighted by Crippen LogP contribution is 2.31. The zero-order valence-electron chi connectivity index (χ0n) is 13.9. The molecule has 6 heteroatoms. The maximum Gasteiger partial charge on any atom is 0.329 e. The lowest BCUT2D eigenvalue weighted by Crippen LogP contribution is -2.50. The van der Waals surface area contributed by atoms with Gasteiger partial charge in [-0.1, -0.05) is 30.3 Å². The molecule has 3 rings (SSSR count). The van der Waals surface area contributed by atoms with E-state index in [-0.39, 0.29) is 5.91 Å². The number of amides is 1. The first-order chi connectivity index (χ1) is 11.4. The number of hydrogen-bond donors (Lipinski definition) is 1. The summed E-state index contributed by atoms with van der Waals surface area (Å²) in [5, 5.41) is 13.8. The molecule has 1 aromatic heterocycles. The minimum atomic E-state index is -1.13. The van der Waals surface area contributed by atoms with Gasteiger partial charge in [-0.2, -0.15) is 5.10 Å². The lowest BCUT2D eigenvalue weighted by atomic mass is 9.98. The Balaban J connectivity index is 1.85. The van der Waals surface area contributed by atoms with Crippen molar-refractivity contribution in [1.82, 2.24) is 14.7 Å². The Morgan fingerprint density at radius 1 is 1.29 bits per heavy atom. The molecule has 1 aliphatic rings. The highest BCUT2D eigenvalue weighted by Gasteiger charge is 2.46. The van der Waals surface area contributed by atoms with Gasteiger partial charge in [0.05, 0.1) is 18.3 Å². The second-order valence-electron chi connectivity index (χ2n) is 6.43. The molecule has 6 nitrogen and oxygen atoms in total. The molecule has 0 radical (unpaired) electrons. The van der Waals surface area contributed by atoms with E-state index in [1.165, 1.54) is 4.90 Å². The fourth-order valence-electron chi connectivity index (χ4n) is 3.23. The molecule has 1 unspecified atom stereocenters. The van der Waals surface area contributed by atoms with Crippen LogP contribution in [0, 0.1) is 6.92 Å². The summed E-state index contributed by atoms with van der Waals surface area (Å²) in [6.45, 7) is 4.50. The highest BCUT2D eigenvalue weighted by atomic mass is 16.4. The third-order valence-corrected chi connectivity index (χ3v) is 4.86. The van der Waals surface area contributed by atoms with Gasteiger partial charge in [-0.15, -0.1) is 0 Å². The van der Waals surface area contributed by atoms with E-state index >= 15 is 0 Å². The van der Waals surface area contributed by atoms with Gasteiger partial charge in [0.1, 0.15) is 5.54 Å². The summed E-state index contributed by atoms with van der Waals surface area (Å²) < 4.78 is 1.77. The van der Waals surface area contributed by atoms with E-state index in [1.54, 1.807) is 17.8 Å². The van der Waals surface area contributed by atoms with Crippen molar-refractivity contribution in [3.8, 4) is 0 Å². The third-order valence-electron chi connectivity index (χ3n) is 4.86. The van der Waals surface area contributed by atoms with Crippen molar-refractivity contribution in [2.75, 3.05) is 6.54 Å². The number of aliphatic carboxylic acids is 1. The SMILES string of the molecule is Cc1c(C(=O)N2CCCC2(C)C(=O)O)cnn1Cc1ccccc1. The van der Waals surface area contributed by atoms with Crippen LogP contribution >= 0.6 is 0 Å². The van der Waals surface area contributed by atoms with Gasteiger partial charge in [0.25, 0.3) is 5.91 Å². The molecule has 1 fully saturated rings. The van der Waals surface area contributed by atoms with Crippen LogP contribution in [0.5, 0.6) is 0 Å². The number of carbonyl (C=O) groups is 2. The number of carboxylic acids is 1. The van der Waals surface area contributed by atoms with Crippen LogP contribution in [-0.2, 0) is 11.3 Å². The molecule has 1 N–H and O–H groups in total. The highest BCUT2D eigenvalue weighted by molar-refractivity contribution is 5.98. The quantitative estimate of drug-likeness (QED) is 0.935. The smallest absolute Gasteiger partial charge is 0.329 e. The molecule has 0 aliphatic carbocycles. The van der Waals surface area contributed by atoms with E-state index in [0.29, 0.717) is 31.5 Å². The molecule has 126 valence electrons. The lowest BCUT2D eigenvalue weighted by molar-refractivity contribution is -0.147. The van der Waals surface area contributed by atoms with Gasteiger partial charge >= 0.3 is 5.97 Å². The van der Waals surface area contributed by atoms with Crippen LogP contribution in [-0.4, -0.2) is 43.7 Å². The van der Waals surface area contributed by atoms with Gasteiger partial charge < -0.3 is 10.0 Å². The van der Waals surface area contributed by atoms with Crippen LogP contribution in [0.3, 0.4) is 0 Å². The number of nitrogens with zero attached hydrogens (tertiary/aromatic N) is 3. The Labute approximate surface area is 140 Å². The average Bonchev–Trinajstić information content (AvgIpc) is 3.13. The first kappa shape index (κ1) is 16.2. The van der Waals surface area contributed by atoms with Crippen molar-refractivity contribution < 1.29 is 14.7 Å². The van der Waals surface area contributed by atoms with Crippen molar-refractivity contribution in [3.05, 3.63) is 53.3 Å². The number of carbonyl (C=O) groups excluding carboxylic acids is 1. The van der Waals surface area contributed by atoms with Crippen LogP contribution < -0.4 is 0 Å². The Bertz CT molecular complexity index is 769. The van der Waals surface area contributed by atoms with Crippen molar-refractivity contribution in [3.63, 3.8) is 0 Å². The van der Waals surface area contributed by atoms with Gasteiger partial charge in [-0.3, -0.25) is 9.48 Å². The van der Waals surface area contributed by atoms with E-state index in [1.807, 2.05) is 37.3 Å². The van der Waals surface area contributed by atoms with E-state index < -0.39 is 11.5 Å². The number of benzene rings is 1. The molecule has 0 spiro atoms. The molecule has 1 aromatic carbocycles. The summed E-state index contributed by atoms with van der Waals surface area (Å²) in [6.07, 6.45) is 2.72. The third kappa shape index (κ3) is 2.68. The molecule has 0 saturated carbocycles. The molecule has 1 aliphatic heterocycles. The van der Waals surface area contributed by atoms with Gasteiger partial charge in [-0.05, 0) is 32.3 Å². The fraction of sp³-hybridized carbons (Fsp3) is 0.389. The Morgan fingerprint density at radius 3 is 2.67 bits per heavy atom. The molecule has 1 atom stereocenters. The Hall–Kier alpha value is -2.63. The molecular weight excluding hydrogens is 306 g/mol. The normalized spacial score (nSPS) is 20.3. The first-order valence-corrected chi connectivity index (χ1v) is 8.05. The zero-order chi connectivity index (χ0) is 17.3. The number of carboxylic acid groups (broad SMARTS) is 1. The second-order valence-corrected chi connectivity index (χ2v) is 6.43. The molecule has 1 saturated heterocycles. The lowest BCUT2D eigenvalue weighted by Gasteiger charge is -2.31. The van der Waals surface area contributed by atoms with E-state index in [9.17, 15) is 14.7 Å². The van der Waals surface area contributed by atoms with Gasteiger partial charge in [0.2, 0.25) is 0 Å². The molecule has 2 heterocycles. The number of hydrogen-bond acceptors (Lipinski definition) is 3. The summed E-state index contributed by atoms with van der Waals surface area (Å²) in [7, 11) is 0. The minimum absolute atomic E-state index is 0.255. The van der Waals surface area contributed by atoms with E-state index in [0.717, 1.165) is 11.3 Å². The Morgan fingerprint density at radius 2 is 2.00 bits per heavy atom. The summed E-state index contributed by atoms with van der Waals surface area (Å²) in [5.41, 5.74) is 1.19. The monoisotopic (exact) mass is 327 g/mol. The van der Waals surface area contributed by atoms with Crippen molar-refractivity contribution in [2.45, 2.75) is 38.8 Å².